The maximum absolute atomic E-state index is 11.5. The molecule has 0 aromatic heterocycles. The summed E-state index contributed by atoms with van der Waals surface area (Å²) in [4.78, 5) is 11.5. The summed E-state index contributed by atoms with van der Waals surface area (Å²) in [6.45, 7) is 1.94. The zero-order valence-corrected chi connectivity index (χ0v) is 10.1. The highest BCUT2D eigenvalue weighted by atomic mass is 127. The van der Waals surface area contributed by atoms with Crippen molar-refractivity contribution in [3.05, 3.63) is 26.8 Å². The molecular weight excluding hydrogens is 309 g/mol. The minimum atomic E-state index is -0.543. The highest BCUT2D eigenvalue weighted by Crippen LogP contribution is 2.23. The van der Waals surface area contributed by atoms with E-state index in [2.05, 4.69) is 0 Å². The van der Waals surface area contributed by atoms with Crippen LogP contribution in [0.4, 0.5) is 0 Å². The molecule has 5 heteroatoms. The van der Waals surface area contributed by atoms with Crippen LogP contribution < -0.4 is 0 Å². The molecule has 0 unspecified atom stereocenters. The van der Waals surface area contributed by atoms with Crippen LogP contribution in [0.1, 0.15) is 22.8 Å². The summed E-state index contributed by atoms with van der Waals surface area (Å²) < 4.78 is 5.32. The molecule has 0 aliphatic carbocycles. The van der Waals surface area contributed by atoms with Crippen LogP contribution in [0, 0.1) is 14.9 Å². The van der Waals surface area contributed by atoms with Crippen molar-refractivity contribution >= 4 is 28.6 Å². The van der Waals surface area contributed by atoms with Crippen LogP contribution >= 0.6 is 22.6 Å². The molecule has 4 nitrogen and oxygen atoms in total. The molecule has 0 spiro atoms. The lowest BCUT2D eigenvalue weighted by Gasteiger charge is -2.06. The number of ether oxygens (including phenoxy) is 1. The van der Waals surface area contributed by atoms with E-state index in [9.17, 15) is 9.90 Å². The number of rotatable bonds is 2. The molecule has 0 fully saturated rings. The first-order valence-electron chi connectivity index (χ1n) is 4.19. The number of hydrogen-bond acceptors (Lipinski definition) is 4. The zero-order valence-electron chi connectivity index (χ0n) is 7.95. The Hall–Kier alpha value is -1.29. The van der Waals surface area contributed by atoms with Gasteiger partial charge in [0.15, 0.2) is 0 Å². The number of hydrogen-bond donors (Lipinski definition) is 1. The highest BCUT2D eigenvalue weighted by Gasteiger charge is 2.17. The Morgan fingerprint density at radius 2 is 2.33 bits per heavy atom. The van der Waals surface area contributed by atoms with Gasteiger partial charge in [-0.1, -0.05) is 0 Å². The SMILES string of the molecule is CCOC(=O)c1c(I)cc(O)cc1C#N. The van der Waals surface area contributed by atoms with E-state index >= 15 is 0 Å². The third kappa shape index (κ3) is 2.59. The van der Waals surface area contributed by atoms with Gasteiger partial charge in [0.25, 0.3) is 0 Å². The fourth-order valence-corrected chi connectivity index (χ4v) is 1.92. The molecule has 78 valence electrons. The summed E-state index contributed by atoms with van der Waals surface area (Å²) in [6, 6.07) is 4.51. The molecule has 0 saturated carbocycles. The topological polar surface area (TPSA) is 70.3 Å². The van der Waals surface area contributed by atoms with Gasteiger partial charge in [0.1, 0.15) is 11.8 Å². The van der Waals surface area contributed by atoms with Crippen molar-refractivity contribution in [3.63, 3.8) is 0 Å². The van der Waals surface area contributed by atoms with Gasteiger partial charge in [-0.15, -0.1) is 0 Å². The quantitative estimate of drug-likeness (QED) is 0.669. The monoisotopic (exact) mass is 317 g/mol. The van der Waals surface area contributed by atoms with Crippen molar-refractivity contribution in [2.24, 2.45) is 0 Å². The van der Waals surface area contributed by atoms with Crippen molar-refractivity contribution in [1.29, 1.82) is 5.26 Å². The largest absolute Gasteiger partial charge is 0.508 e. The smallest absolute Gasteiger partial charge is 0.340 e. The first-order chi connectivity index (χ1) is 7.10. The number of nitriles is 1. The van der Waals surface area contributed by atoms with E-state index < -0.39 is 5.97 Å². The van der Waals surface area contributed by atoms with Crippen LogP contribution in [-0.4, -0.2) is 17.7 Å². The first-order valence-corrected chi connectivity index (χ1v) is 5.27. The fraction of sp³-hybridized carbons (Fsp3) is 0.200. The Morgan fingerprint density at radius 3 is 2.87 bits per heavy atom. The predicted molar refractivity (Wildman–Crippen MR) is 61.5 cm³/mol. The molecule has 15 heavy (non-hydrogen) atoms. The summed E-state index contributed by atoms with van der Waals surface area (Å²) in [5.41, 5.74) is 0.329. The molecule has 0 aliphatic rings. The van der Waals surface area contributed by atoms with Crippen LogP contribution in [0.5, 0.6) is 5.75 Å². The van der Waals surface area contributed by atoms with E-state index in [4.69, 9.17) is 10.00 Å². The second-order valence-corrected chi connectivity index (χ2v) is 3.84. The van der Waals surface area contributed by atoms with Crippen molar-refractivity contribution in [1.82, 2.24) is 0 Å². The van der Waals surface area contributed by atoms with Gasteiger partial charge in [-0.3, -0.25) is 0 Å². The van der Waals surface area contributed by atoms with Crippen molar-refractivity contribution in [2.45, 2.75) is 6.92 Å². The number of halogens is 1. The second kappa shape index (κ2) is 4.98. The third-order valence-corrected chi connectivity index (χ3v) is 2.53. The van der Waals surface area contributed by atoms with E-state index in [0.29, 0.717) is 3.57 Å². The molecule has 0 saturated heterocycles. The van der Waals surface area contributed by atoms with Gasteiger partial charge in [-0.25, -0.2) is 4.79 Å². The van der Waals surface area contributed by atoms with E-state index in [1.165, 1.54) is 12.1 Å². The average molecular weight is 317 g/mol. The Labute approximate surface area is 101 Å². The van der Waals surface area contributed by atoms with Crippen molar-refractivity contribution < 1.29 is 14.6 Å². The van der Waals surface area contributed by atoms with E-state index in [-0.39, 0.29) is 23.5 Å². The van der Waals surface area contributed by atoms with E-state index in [1.807, 2.05) is 28.7 Å². The molecule has 1 N–H and O–H groups in total. The Balaban J connectivity index is 3.28. The normalized spacial score (nSPS) is 9.40. The Bertz CT molecular complexity index is 437. The van der Waals surface area contributed by atoms with Gasteiger partial charge in [-0.2, -0.15) is 5.26 Å². The molecule has 0 radical (unpaired) electrons. The summed E-state index contributed by atoms with van der Waals surface area (Å²) in [5.74, 6) is -0.581. The first kappa shape index (κ1) is 11.8. The minimum absolute atomic E-state index is 0.0380. The summed E-state index contributed by atoms with van der Waals surface area (Å²) in [6.07, 6.45) is 0. The van der Waals surface area contributed by atoms with Gasteiger partial charge < -0.3 is 9.84 Å². The molecule has 1 aromatic carbocycles. The lowest BCUT2D eigenvalue weighted by molar-refractivity contribution is 0.0525. The average Bonchev–Trinajstić information content (AvgIpc) is 2.16. The van der Waals surface area contributed by atoms with E-state index in [0.717, 1.165) is 0 Å². The summed E-state index contributed by atoms with van der Waals surface area (Å²) in [5, 5.41) is 18.1. The molecule has 1 rings (SSSR count). The number of phenolic OH excluding ortho intramolecular Hbond substituents is 1. The maximum atomic E-state index is 11.5. The predicted octanol–water partition coefficient (Wildman–Crippen LogP) is 2.05. The van der Waals surface area contributed by atoms with Crippen molar-refractivity contribution in [2.75, 3.05) is 6.61 Å². The van der Waals surface area contributed by atoms with Gasteiger partial charge in [0.2, 0.25) is 0 Å². The Kier molecular flexibility index (Phi) is 3.91. The maximum Gasteiger partial charge on any atom is 0.340 e. The standard InChI is InChI=1S/C10H8INO3/c1-2-15-10(14)9-6(5-12)3-7(13)4-8(9)11/h3-4,13H,2H2,1H3. The van der Waals surface area contributed by atoms with Gasteiger partial charge >= 0.3 is 5.97 Å². The number of carbonyl (C=O) groups excluding carboxylic acids is 1. The summed E-state index contributed by atoms with van der Waals surface area (Å²) in [7, 11) is 0. The number of carbonyl (C=O) groups is 1. The molecule has 0 amide bonds. The van der Waals surface area contributed by atoms with Crippen LogP contribution in [0.2, 0.25) is 0 Å². The van der Waals surface area contributed by atoms with Gasteiger partial charge in [0.05, 0.1) is 17.7 Å². The molecule has 0 bridgehead atoms. The summed E-state index contributed by atoms with van der Waals surface area (Å²) >= 11 is 1.88. The number of nitrogens with zero attached hydrogens (tertiary/aromatic N) is 1. The zero-order chi connectivity index (χ0) is 11.4. The van der Waals surface area contributed by atoms with Crippen molar-refractivity contribution in [3.8, 4) is 11.8 Å². The minimum Gasteiger partial charge on any atom is -0.508 e. The van der Waals surface area contributed by atoms with Crippen LogP contribution in [0.3, 0.4) is 0 Å². The Morgan fingerprint density at radius 1 is 1.67 bits per heavy atom. The van der Waals surface area contributed by atoms with Gasteiger partial charge in [0, 0.05) is 3.57 Å². The number of phenols is 1. The van der Waals surface area contributed by atoms with Crippen LogP contribution in [0.15, 0.2) is 12.1 Å². The van der Waals surface area contributed by atoms with E-state index in [1.54, 1.807) is 6.92 Å². The number of aromatic hydroxyl groups is 1. The number of benzene rings is 1. The molecule has 0 heterocycles. The lowest BCUT2D eigenvalue weighted by atomic mass is 10.1. The molecular formula is C10H8INO3. The van der Waals surface area contributed by atoms with Gasteiger partial charge in [-0.05, 0) is 41.6 Å². The second-order valence-electron chi connectivity index (χ2n) is 2.68. The number of esters is 1. The fourth-order valence-electron chi connectivity index (χ4n) is 1.09. The molecule has 0 atom stereocenters. The van der Waals surface area contributed by atoms with Crippen LogP contribution in [-0.2, 0) is 4.74 Å². The molecule has 1 aromatic rings. The lowest BCUT2D eigenvalue weighted by Crippen LogP contribution is -2.09. The highest BCUT2D eigenvalue weighted by molar-refractivity contribution is 14.1. The molecule has 0 aliphatic heterocycles. The third-order valence-electron chi connectivity index (χ3n) is 1.68. The van der Waals surface area contributed by atoms with Crippen LogP contribution in [0.25, 0.3) is 0 Å².